The smallest absolute Gasteiger partial charge is 0.338 e. The van der Waals surface area contributed by atoms with E-state index in [0.29, 0.717) is 17.4 Å². The second-order valence-electron chi connectivity index (χ2n) is 7.57. The van der Waals surface area contributed by atoms with Crippen LogP contribution in [0.15, 0.2) is 18.3 Å². The molecule has 3 fully saturated rings. The summed E-state index contributed by atoms with van der Waals surface area (Å²) in [4.78, 5) is 20.9. The van der Waals surface area contributed by atoms with Crippen LogP contribution in [0, 0.1) is 11.8 Å². The van der Waals surface area contributed by atoms with Crippen molar-refractivity contribution in [2.45, 2.75) is 25.0 Å². The van der Waals surface area contributed by atoms with Crippen LogP contribution in [-0.4, -0.2) is 79.6 Å². The molecule has 0 aromatic carbocycles. The van der Waals surface area contributed by atoms with Crippen molar-refractivity contribution in [3.05, 3.63) is 23.9 Å². The maximum atomic E-state index is 11.8. The van der Waals surface area contributed by atoms with E-state index in [9.17, 15) is 9.90 Å². The monoisotopic (exact) mass is 361 g/mol. The fraction of sp³-hybridized carbons (Fsp3) is 0.684. The molecule has 2 aliphatic heterocycles. The lowest BCUT2D eigenvalue weighted by atomic mass is 9.77. The summed E-state index contributed by atoms with van der Waals surface area (Å²) in [6, 6.07) is 3.71. The topological polar surface area (TPSA) is 75.1 Å². The number of carbonyl (C=O) groups excluding carboxylic acids is 1. The maximum Gasteiger partial charge on any atom is 0.338 e. The fourth-order valence-electron chi connectivity index (χ4n) is 4.73. The number of hydrogen-bond acceptors (Lipinski definition) is 7. The van der Waals surface area contributed by atoms with Gasteiger partial charge in [0.1, 0.15) is 5.82 Å². The SMILES string of the molecule is COC(=O)c1ccnc(N2C[C@H]3C[C@@H](N4CCOCC4)[C@H](O)C[C@H]3C2)c1. The second kappa shape index (κ2) is 7.50. The zero-order valence-corrected chi connectivity index (χ0v) is 15.2. The van der Waals surface area contributed by atoms with Gasteiger partial charge in [-0.05, 0) is 36.8 Å². The van der Waals surface area contributed by atoms with Crippen LogP contribution in [0.1, 0.15) is 23.2 Å². The Morgan fingerprint density at radius 1 is 1.27 bits per heavy atom. The molecular weight excluding hydrogens is 334 g/mol. The molecule has 3 aliphatic rings. The van der Waals surface area contributed by atoms with Gasteiger partial charge in [0, 0.05) is 38.4 Å². The molecule has 0 spiro atoms. The van der Waals surface area contributed by atoms with Gasteiger partial charge in [0.05, 0.1) is 32.0 Å². The lowest BCUT2D eigenvalue weighted by molar-refractivity contribution is -0.0520. The summed E-state index contributed by atoms with van der Waals surface area (Å²) < 4.78 is 10.3. The lowest BCUT2D eigenvalue weighted by Gasteiger charge is -2.43. The average Bonchev–Trinajstić information content (AvgIpc) is 3.10. The largest absolute Gasteiger partial charge is 0.465 e. The summed E-state index contributed by atoms with van der Waals surface area (Å²) in [5.41, 5.74) is 0.526. The van der Waals surface area contributed by atoms with E-state index in [-0.39, 0.29) is 18.1 Å². The van der Waals surface area contributed by atoms with Gasteiger partial charge < -0.3 is 19.5 Å². The molecule has 0 radical (unpaired) electrons. The van der Waals surface area contributed by atoms with Gasteiger partial charge in [-0.3, -0.25) is 4.90 Å². The van der Waals surface area contributed by atoms with Crippen molar-refractivity contribution in [2.24, 2.45) is 11.8 Å². The van der Waals surface area contributed by atoms with Crippen molar-refractivity contribution in [1.29, 1.82) is 0 Å². The highest BCUT2D eigenvalue weighted by atomic mass is 16.5. The molecular formula is C19H27N3O4. The predicted molar refractivity (Wildman–Crippen MR) is 96.2 cm³/mol. The molecule has 26 heavy (non-hydrogen) atoms. The summed E-state index contributed by atoms with van der Waals surface area (Å²) in [6.45, 7) is 5.14. The second-order valence-corrected chi connectivity index (χ2v) is 7.57. The highest BCUT2D eigenvalue weighted by molar-refractivity contribution is 5.90. The van der Waals surface area contributed by atoms with E-state index in [0.717, 1.165) is 58.1 Å². The zero-order valence-electron chi connectivity index (χ0n) is 15.2. The van der Waals surface area contributed by atoms with Crippen LogP contribution in [-0.2, 0) is 9.47 Å². The number of hydrogen-bond donors (Lipinski definition) is 1. The molecule has 4 rings (SSSR count). The van der Waals surface area contributed by atoms with Gasteiger partial charge >= 0.3 is 5.97 Å². The molecule has 2 saturated heterocycles. The Labute approximate surface area is 153 Å². The minimum Gasteiger partial charge on any atom is -0.465 e. The van der Waals surface area contributed by atoms with Crippen LogP contribution in [0.4, 0.5) is 5.82 Å². The molecule has 1 aliphatic carbocycles. The normalized spacial score (nSPS) is 32.3. The summed E-state index contributed by atoms with van der Waals surface area (Å²) >= 11 is 0. The Morgan fingerprint density at radius 3 is 2.73 bits per heavy atom. The van der Waals surface area contributed by atoms with Crippen molar-refractivity contribution in [3.63, 3.8) is 0 Å². The molecule has 1 N–H and O–H groups in total. The van der Waals surface area contributed by atoms with Crippen LogP contribution >= 0.6 is 0 Å². The first-order chi connectivity index (χ1) is 12.7. The Balaban J connectivity index is 1.45. The van der Waals surface area contributed by atoms with E-state index in [1.807, 2.05) is 0 Å². The molecule has 7 nitrogen and oxygen atoms in total. The number of anilines is 1. The van der Waals surface area contributed by atoms with E-state index in [2.05, 4.69) is 14.8 Å². The van der Waals surface area contributed by atoms with E-state index in [1.165, 1.54) is 7.11 Å². The van der Waals surface area contributed by atoms with Crippen molar-refractivity contribution < 1.29 is 19.4 Å². The van der Waals surface area contributed by atoms with Crippen LogP contribution in [0.3, 0.4) is 0 Å². The number of nitrogens with zero attached hydrogens (tertiary/aromatic N) is 3. The van der Waals surface area contributed by atoms with Gasteiger partial charge in [-0.25, -0.2) is 9.78 Å². The molecule has 0 bridgehead atoms. The highest BCUT2D eigenvalue weighted by Crippen LogP contribution is 2.39. The van der Waals surface area contributed by atoms with Crippen molar-refractivity contribution >= 4 is 11.8 Å². The Morgan fingerprint density at radius 2 is 2.00 bits per heavy atom. The third kappa shape index (κ3) is 3.43. The first-order valence-corrected chi connectivity index (χ1v) is 9.45. The number of carbonyl (C=O) groups is 1. The van der Waals surface area contributed by atoms with Gasteiger partial charge in [0.25, 0.3) is 0 Å². The third-order valence-electron chi connectivity index (χ3n) is 6.11. The maximum absolute atomic E-state index is 11.8. The summed E-state index contributed by atoms with van der Waals surface area (Å²) in [6.07, 6.45) is 3.23. The number of methoxy groups -OCH3 is 1. The Kier molecular flexibility index (Phi) is 5.11. The molecule has 3 heterocycles. The van der Waals surface area contributed by atoms with E-state index >= 15 is 0 Å². The fourth-order valence-corrected chi connectivity index (χ4v) is 4.73. The number of pyridine rings is 1. The number of aliphatic hydroxyl groups excluding tert-OH is 1. The van der Waals surface area contributed by atoms with Gasteiger partial charge in [-0.15, -0.1) is 0 Å². The molecule has 1 aromatic heterocycles. The van der Waals surface area contributed by atoms with Crippen LogP contribution < -0.4 is 4.90 Å². The van der Waals surface area contributed by atoms with E-state index < -0.39 is 0 Å². The average molecular weight is 361 g/mol. The first kappa shape index (κ1) is 17.7. The molecule has 1 saturated carbocycles. The standard InChI is InChI=1S/C19H27N3O4/c1-25-19(24)13-2-3-20-18(10-13)22-11-14-8-16(17(23)9-15(14)12-22)21-4-6-26-7-5-21/h2-3,10,14-17,23H,4-9,11-12H2,1H3/t14-,15+,16-,17-/m1/s1. The lowest BCUT2D eigenvalue weighted by Crippen LogP contribution is -2.53. The number of aliphatic hydroxyl groups is 1. The molecule has 1 aromatic rings. The molecule has 142 valence electrons. The minimum atomic E-state index is -0.340. The minimum absolute atomic E-state index is 0.231. The first-order valence-electron chi connectivity index (χ1n) is 9.45. The zero-order chi connectivity index (χ0) is 18.1. The highest BCUT2D eigenvalue weighted by Gasteiger charge is 2.44. The third-order valence-corrected chi connectivity index (χ3v) is 6.11. The number of esters is 1. The summed E-state index contributed by atoms with van der Waals surface area (Å²) in [5.74, 6) is 1.51. The quantitative estimate of drug-likeness (QED) is 0.797. The number of fused-ring (bicyclic) bond motifs is 1. The number of aromatic nitrogens is 1. The Bertz CT molecular complexity index is 649. The van der Waals surface area contributed by atoms with Gasteiger partial charge in [0.2, 0.25) is 0 Å². The van der Waals surface area contributed by atoms with E-state index in [1.54, 1.807) is 18.3 Å². The van der Waals surface area contributed by atoms with Crippen LogP contribution in [0.2, 0.25) is 0 Å². The van der Waals surface area contributed by atoms with Crippen LogP contribution in [0.5, 0.6) is 0 Å². The van der Waals surface area contributed by atoms with E-state index in [4.69, 9.17) is 9.47 Å². The summed E-state index contributed by atoms with van der Waals surface area (Å²) in [5, 5.41) is 10.7. The number of morpholine rings is 1. The van der Waals surface area contributed by atoms with Gasteiger partial charge in [-0.2, -0.15) is 0 Å². The van der Waals surface area contributed by atoms with Crippen molar-refractivity contribution in [1.82, 2.24) is 9.88 Å². The van der Waals surface area contributed by atoms with Gasteiger partial charge in [-0.1, -0.05) is 0 Å². The Hall–Kier alpha value is -1.70. The number of ether oxygens (including phenoxy) is 2. The van der Waals surface area contributed by atoms with Crippen LogP contribution in [0.25, 0.3) is 0 Å². The summed E-state index contributed by atoms with van der Waals surface area (Å²) in [7, 11) is 1.39. The molecule has 7 heteroatoms. The molecule has 4 atom stereocenters. The molecule has 0 amide bonds. The van der Waals surface area contributed by atoms with Crippen molar-refractivity contribution in [2.75, 3.05) is 51.4 Å². The predicted octanol–water partition coefficient (Wildman–Crippen LogP) is 0.776. The van der Waals surface area contributed by atoms with Crippen molar-refractivity contribution in [3.8, 4) is 0 Å². The molecule has 0 unspecified atom stereocenters. The number of rotatable bonds is 3. The van der Waals surface area contributed by atoms with Gasteiger partial charge in [0.15, 0.2) is 0 Å².